The zero-order valence-corrected chi connectivity index (χ0v) is 6.59. The molecule has 0 N–H and O–H groups in total. The van der Waals surface area contributed by atoms with Gasteiger partial charge in [-0.1, -0.05) is 30.1 Å². The molecule has 2 aliphatic rings. The Morgan fingerprint density at radius 1 is 1.27 bits per heavy atom. The van der Waals surface area contributed by atoms with E-state index in [9.17, 15) is 0 Å². The maximum Gasteiger partial charge on any atom is 0.0417 e. The van der Waals surface area contributed by atoms with Gasteiger partial charge in [-0.3, -0.25) is 0 Å². The summed E-state index contributed by atoms with van der Waals surface area (Å²) in [5.41, 5.74) is 0. The lowest BCUT2D eigenvalue weighted by Gasteiger charge is -2.21. The van der Waals surface area contributed by atoms with Gasteiger partial charge < -0.3 is 0 Å². The van der Waals surface area contributed by atoms with Gasteiger partial charge in [0.1, 0.15) is 0 Å². The number of rotatable bonds is 0. The Morgan fingerprint density at radius 3 is 3.27 bits per heavy atom. The number of allylic oxidation sites excluding steroid dienone is 4. The third-order valence-electron chi connectivity index (χ3n) is 2.45. The van der Waals surface area contributed by atoms with E-state index in [0.717, 1.165) is 5.92 Å². The van der Waals surface area contributed by atoms with Gasteiger partial charge in [0.25, 0.3) is 0 Å². The molecule has 0 saturated carbocycles. The van der Waals surface area contributed by atoms with Crippen LogP contribution in [0.2, 0.25) is 0 Å². The Hall–Kier alpha value is -0.960. The molecule has 2 rings (SSSR count). The van der Waals surface area contributed by atoms with Crippen LogP contribution in [0, 0.1) is 23.7 Å². The van der Waals surface area contributed by atoms with Crippen LogP contribution in [-0.2, 0) is 0 Å². The Kier molecular flexibility index (Phi) is 1.81. The van der Waals surface area contributed by atoms with Gasteiger partial charge in [0.2, 0.25) is 0 Å². The van der Waals surface area contributed by atoms with E-state index in [0.29, 0.717) is 5.92 Å². The summed E-state index contributed by atoms with van der Waals surface area (Å²) in [6, 6.07) is 0. The van der Waals surface area contributed by atoms with Gasteiger partial charge in [0.15, 0.2) is 0 Å². The van der Waals surface area contributed by atoms with E-state index in [1.165, 1.54) is 19.3 Å². The van der Waals surface area contributed by atoms with Gasteiger partial charge >= 0.3 is 0 Å². The molecule has 0 fully saturated rings. The molecule has 0 saturated heterocycles. The third kappa shape index (κ3) is 1.38. The lowest BCUT2D eigenvalue weighted by atomic mass is 9.83. The molecule has 11 heavy (non-hydrogen) atoms. The first-order chi connectivity index (χ1) is 5.47. The summed E-state index contributed by atoms with van der Waals surface area (Å²) in [5.74, 6) is 7.66. The van der Waals surface area contributed by atoms with Crippen molar-refractivity contribution in [2.45, 2.75) is 19.3 Å². The van der Waals surface area contributed by atoms with Crippen LogP contribution in [-0.4, -0.2) is 0 Å². The zero-order chi connectivity index (χ0) is 7.52. The normalized spacial score (nSPS) is 33.5. The second-order valence-electron chi connectivity index (χ2n) is 3.22. The van der Waals surface area contributed by atoms with Gasteiger partial charge in [0.05, 0.1) is 0 Å². The van der Waals surface area contributed by atoms with Crippen molar-refractivity contribution in [3.8, 4) is 11.8 Å². The Balaban J connectivity index is 2.22. The van der Waals surface area contributed by atoms with Crippen molar-refractivity contribution in [1.82, 2.24) is 0 Å². The quantitative estimate of drug-likeness (QED) is 0.362. The Morgan fingerprint density at radius 2 is 2.27 bits per heavy atom. The van der Waals surface area contributed by atoms with E-state index in [-0.39, 0.29) is 0 Å². The van der Waals surface area contributed by atoms with Crippen LogP contribution in [0.25, 0.3) is 0 Å². The van der Waals surface area contributed by atoms with Crippen molar-refractivity contribution < 1.29 is 0 Å². The molecule has 0 heteroatoms. The number of fused-ring (bicyclic) bond motifs is 1. The summed E-state index contributed by atoms with van der Waals surface area (Å²) in [5, 5.41) is 0. The van der Waals surface area contributed by atoms with Crippen LogP contribution in [0.15, 0.2) is 24.3 Å². The van der Waals surface area contributed by atoms with Crippen LogP contribution >= 0.6 is 0 Å². The van der Waals surface area contributed by atoms with Crippen LogP contribution in [0.5, 0.6) is 0 Å². The zero-order valence-electron chi connectivity index (χ0n) is 6.59. The topological polar surface area (TPSA) is 0 Å². The van der Waals surface area contributed by atoms with Crippen LogP contribution in [0.1, 0.15) is 19.3 Å². The highest BCUT2D eigenvalue weighted by molar-refractivity contribution is 5.25. The first-order valence-electron chi connectivity index (χ1n) is 4.29. The molecule has 2 aliphatic carbocycles. The molecular formula is C11H12. The van der Waals surface area contributed by atoms with E-state index in [1.54, 1.807) is 0 Å². The van der Waals surface area contributed by atoms with Crippen LogP contribution in [0.3, 0.4) is 0 Å². The van der Waals surface area contributed by atoms with Crippen molar-refractivity contribution in [3.05, 3.63) is 24.3 Å². The van der Waals surface area contributed by atoms with Crippen LogP contribution < -0.4 is 0 Å². The fourth-order valence-corrected chi connectivity index (χ4v) is 1.77. The van der Waals surface area contributed by atoms with E-state index in [1.807, 2.05) is 6.08 Å². The molecule has 0 aromatic heterocycles. The molecule has 0 bridgehead atoms. The molecule has 0 amide bonds. The summed E-state index contributed by atoms with van der Waals surface area (Å²) < 4.78 is 0. The van der Waals surface area contributed by atoms with E-state index >= 15 is 0 Å². The van der Waals surface area contributed by atoms with Gasteiger partial charge in [0, 0.05) is 5.92 Å². The van der Waals surface area contributed by atoms with E-state index < -0.39 is 0 Å². The fourth-order valence-electron chi connectivity index (χ4n) is 1.77. The summed E-state index contributed by atoms with van der Waals surface area (Å²) in [6.45, 7) is 0. The molecule has 0 aromatic carbocycles. The summed E-state index contributed by atoms with van der Waals surface area (Å²) in [7, 11) is 0. The average Bonchev–Trinajstić information content (AvgIpc) is 2.28. The number of hydrogen-bond donors (Lipinski definition) is 0. The van der Waals surface area contributed by atoms with Crippen molar-refractivity contribution in [2.24, 2.45) is 11.8 Å². The SMILES string of the molecule is C1#CC2C=CCCC2CC=C1. The molecule has 0 spiro atoms. The summed E-state index contributed by atoms with van der Waals surface area (Å²) in [4.78, 5) is 0. The predicted octanol–water partition coefficient (Wildman–Crippen LogP) is 2.53. The molecule has 0 nitrogen and oxygen atoms in total. The van der Waals surface area contributed by atoms with E-state index in [2.05, 4.69) is 30.1 Å². The van der Waals surface area contributed by atoms with Crippen molar-refractivity contribution in [1.29, 1.82) is 0 Å². The fraction of sp³-hybridized carbons (Fsp3) is 0.455. The lowest BCUT2D eigenvalue weighted by molar-refractivity contribution is 0.423. The van der Waals surface area contributed by atoms with E-state index in [4.69, 9.17) is 0 Å². The third-order valence-corrected chi connectivity index (χ3v) is 2.45. The maximum absolute atomic E-state index is 3.26. The summed E-state index contributed by atoms with van der Waals surface area (Å²) in [6.07, 6.45) is 12.5. The van der Waals surface area contributed by atoms with Gasteiger partial charge in [-0.05, 0) is 31.3 Å². The smallest absolute Gasteiger partial charge is 0.0417 e. The minimum Gasteiger partial charge on any atom is -0.0907 e. The van der Waals surface area contributed by atoms with Crippen LogP contribution in [0.4, 0.5) is 0 Å². The molecule has 0 heterocycles. The van der Waals surface area contributed by atoms with Gasteiger partial charge in [-0.25, -0.2) is 0 Å². The first kappa shape index (κ1) is 6.73. The predicted molar refractivity (Wildman–Crippen MR) is 46.9 cm³/mol. The molecule has 2 atom stereocenters. The molecule has 0 aliphatic heterocycles. The maximum atomic E-state index is 3.26. The Bertz CT molecular complexity index is 247. The standard InChI is InChI=1S/C11H12/c1-2-6-10-8-4-5-9-11(10)7-3-1/h1-2,5,9-11H,4,6,8H2. The van der Waals surface area contributed by atoms with Crippen molar-refractivity contribution in [2.75, 3.05) is 0 Å². The molecule has 0 radical (unpaired) electrons. The number of hydrogen-bond acceptors (Lipinski definition) is 0. The highest BCUT2D eigenvalue weighted by atomic mass is 14.2. The highest BCUT2D eigenvalue weighted by Gasteiger charge is 2.18. The molecular weight excluding hydrogens is 132 g/mol. The Labute approximate surface area is 68.0 Å². The average molecular weight is 144 g/mol. The van der Waals surface area contributed by atoms with Crippen molar-refractivity contribution in [3.63, 3.8) is 0 Å². The second kappa shape index (κ2) is 2.96. The first-order valence-corrected chi connectivity index (χ1v) is 4.29. The molecule has 2 unspecified atom stereocenters. The largest absolute Gasteiger partial charge is 0.0907 e. The minimum absolute atomic E-state index is 0.541. The van der Waals surface area contributed by atoms with Crippen molar-refractivity contribution >= 4 is 0 Å². The monoisotopic (exact) mass is 144 g/mol. The summed E-state index contributed by atoms with van der Waals surface area (Å²) >= 11 is 0. The lowest BCUT2D eigenvalue weighted by Crippen LogP contribution is -2.12. The minimum atomic E-state index is 0.541. The van der Waals surface area contributed by atoms with Gasteiger partial charge in [-0.15, -0.1) is 0 Å². The highest BCUT2D eigenvalue weighted by Crippen LogP contribution is 2.28. The second-order valence-corrected chi connectivity index (χ2v) is 3.22. The molecule has 56 valence electrons. The molecule has 0 aromatic rings. The van der Waals surface area contributed by atoms with Gasteiger partial charge in [-0.2, -0.15) is 0 Å².